The van der Waals surface area contributed by atoms with Crippen LogP contribution in [0.1, 0.15) is 37.8 Å². The van der Waals surface area contributed by atoms with Gasteiger partial charge in [0.05, 0.1) is 0 Å². The molecule has 0 bridgehead atoms. The van der Waals surface area contributed by atoms with Crippen LogP contribution in [0.2, 0.25) is 0 Å². The Morgan fingerprint density at radius 1 is 0.960 bits per heavy atom. The van der Waals surface area contributed by atoms with Crippen molar-refractivity contribution in [1.29, 1.82) is 0 Å². The molecule has 3 nitrogen and oxygen atoms in total. The Labute approximate surface area is 157 Å². The summed E-state index contributed by atoms with van der Waals surface area (Å²) in [6.45, 7) is 6.07. The lowest BCUT2D eigenvalue weighted by Crippen LogP contribution is -2.39. The van der Waals surface area contributed by atoms with Crippen molar-refractivity contribution in [3.8, 4) is 0 Å². The summed E-state index contributed by atoms with van der Waals surface area (Å²) in [7, 11) is 0. The SMILES string of the molecule is CCCC(C(=O)OCCNCC)(c1ccccc1)c1ccccc1.Cl. The molecule has 0 saturated carbocycles. The van der Waals surface area contributed by atoms with Gasteiger partial charge >= 0.3 is 5.97 Å². The standard InChI is InChI=1S/C21H27NO2.ClH/c1-3-15-21(18-11-7-5-8-12-18,19-13-9-6-10-14-19)20(23)24-17-16-22-4-2;/h5-14,22H,3-4,15-17H2,1-2H3;1H. The summed E-state index contributed by atoms with van der Waals surface area (Å²) in [4.78, 5) is 13.2. The molecule has 136 valence electrons. The lowest BCUT2D eigenvalue weighted by Gasteiger charge is -2.32. The first kappa shape index (κ1) is 21.2. The van der Waals surface area contributed by atoms with Gasteiger partial charge in [-0.2, -0.15) is 0 Å². The molecule has 0 aliphatic heterocycles. The Morgan fingerprint density at radius 3 is 1.92 bits per heavy atom. The quantitative estimate of drug-likeness (QED) is 0.533. The van der Waals surface area contributed by atoms with Gasteiger partial charge in [0.2, 0.25) is 0 Å². The van der Waals surface area contributed by atoms with Crippen LogP contribution in [0.15, 0.2) is 60.7 Å². The minimum atomic E-state index is -0.747. The predicted molar refractivity (Wildman–Crippen MR) is 105 cm³/mol. The third-order valence-corrected chi connectivity index (χ3v) is 4.27. The Morgan fingerprint density at radius 2 is 1.48 bits per heavy atom. The Hall–Kier alpha value is -1.84. The number of likely N-dealkylation sites (N-methyl/N-ethyl adjacent to an activating group) is 1. The average Bonchev–Trinajstić information content (AvgIpc) is 2.64. The zero-order valence-electron chi connectivity index (χ0n) is 15.0. The fourth-order valence-corrected chi connectivity index (χ4v) is 3.13. The van der Waals surface area contributed by atoms with E-state index in [0.29, 0.717) is 13.2 Å². The third-order valence-electron chi connectivity index (χ3n) is 4.27. The molecule has 2 rings (SSSR count). The van der Waals surface area contributed by atoms with Gasteiger partial charge in [-0.05, 0) is 24.1 Å². The van der Waals surface area contributed by atoms with Crippen LogP contribution in [-0.2, 0) is 14.9 Å². The number of carbonyl (C=O) groups excluding carboxylic acids is 1. The van der Waals surface area contributed by atoms with Crippen LogP contribution >= 0.6 is 12.4 Å². The molecule has 0 aliphatic carbocycles. The van der Waals surface area contributed by atoms with E-state index in [0.717, 1.165) is 30.5 Å². The summed E-state index contributed by atoms with van der Waals surface area (Å²) < 4.78 is 5.67. The number of halogens is 1. The zero-order chi connectivity index (χ0) is 17.3. The Balaban J connectivity index is 0.00000312. The Bertz CT molecular complexity index is 577. The van der Waals surface area contributed by atoms with Crippen molar-refractivity contribution in [3.63, 3.8) is 0 Å². The number of benzene rings is 2. The molecule has 25 heavy (non-hydrogen) atoms. The number of rotatable bonds is 9. The maximum Gasteiger partial charge on any atom is 0.321 e. The third kappa shape index (κ3) is 5.07. The lowest BCUT2D eigenvalue weighted by molar-refractivity contribution is -0.149. The van der Waals surface area contributed by atoms with Gasteiger partial charge in [-0.3, -0.25) is 4.79 Å². The van der Waals surface area contributed by atoms with Gasteiger partial charge in [0.1, 0.15) is 12.0 Å². The molecule has 1 N–H and O–H groups in total. The molecule has 0 saturated heterocycles. The fourth-order valence-electron chi connectivity index (χ4n) is 3.13. The molecular formula is C21H28ClNO2. The molecule has 0 heterocycles. The summed E-state index contributed by atoms with van der Waals surface area (Å²) >= 11 is 0. The van der Waals surface area contributed by atoms with Crippen LogP contribution < -0.4 is 5.32 Å². The lowest BCUT2D eigenvalue weighted by atomic mass is 9.71. The summed E-state index contributed by atoms with van der Waals surface area (Å²) in [6, 6.07) is 20.0. The Kier molecular flexibility index (Phi) is 9.25. The van der Waals surface area contributed by atoms with Crippen molar-refractivity contribution in [2.45, 2.75) is 32.1 Å². The molecule has 0 radical (unpaired) electrons. The van der Waals surface area contributed by atoms with Crippen molar-refractivity contribution in [3.05, 3.63) is 71.8 Å². The first-order valence-electron chi connectivity index (χ1n) is 8.74. The summed E-state index contributed by atoms with van der Waals surface area (Å²) in [5, 5.41) is 3.19. The molecular weight excluding hydrogens is 334 g/mol. The molecule has 0 atom stereocenters. The van der Waals surface area contributed by atoms with Gasteiger partial charge in [-0.1, -0.05) is 80.9 Å². The molecule has 0 aliphatic rings. The number of carbonyl (C=O) groups is 1. The van der Waals surface area contributed by atoms with Gasteiger partial charge < -0.3 is 10.1 Å². The highest BCUT2D eigenvalue weighted by atomic mass is 35.5. The number of ether oxygens (including phenoxy) is 1. The number of esters is 1. The number of nitrogens with one attached hydrogen (secondary N) is 1. The van der Waals surface area contributed by atoms with E-state index in [1.165, 1.54) is 0 Å². The second kappa shape index (κ2) is 10.9. The maximum atomic E-state index is 13.2. The van der Waals surface area contributed by atoms with Gasteiger partial charge in [0.25, 0.3) is 0 Å². The molecule has 0 spiro atoms. The van der Waals surface area contributed by atoms with Crippen LogP contribution in [0.25, 0.3) is 0 Å². The number of hydrogen-bond donors (Lipinski definition) is 1. The van der Waals surface area contributed by atoms with E-state index in [-0.39, 0.29) is 18.4 Å². The highest BCUT2D eigenvalue weighted by Gasteiger charge is 2.42. The van der Waals surface area contributed by atoms with Crippen molar-refractivity contribution in [2.24, 2.45) is 0 Å². The van der Waals surface area contributed by atoms with Crippen LogP contribution in [-0.4, -0.2) is 25.7 Å². The molecule has 0 fully saturated rings. The topological polar surface area (TPSA) is 38.3 Å². The molecule has 0 aromatic heterocycles. The highest BCUT2D eigenvalue weighted by Crippen LogP contribution is 2.38. The zero-order valence-corrected chi connectivity index (χ0v) is 15.9. The minimum Gasteiger partial charge on any atom is -0.463 e. The van der Waals surface area contributed by atoms with Crippen LogP contribution in [0.5, 0.6) is 0 Å². The fraction of sp³-hybridized carbons (Fsp3) is 0.381. The normalized spacial score (nSPS) is 10.8. The van der Waals surface area contributed by atoms with Crippen molar-refractivity contribution in [2.75, 3.05) is 19.7 Å². The first-order chi connectivity index (χ1) is 11.8. The highest BCUT2D eigenvalue weighted by molar-refractivity contribution is 5.87. The largest absolute Gasteiger partial charge is 0.463 e. The van der Waals surface area contributed by atoms with Gasteiger partial charge in [0.15, 0.2) is 0 Å². The molecule has 0 amide bonds. The van der Waals surface area contributed by atoms with E-state index >= 15 is 0 Å². The van der Waals surface area contributed by atoms with Crippen LogP contribution in [0.3, 0.4) is 0 Å². The molecule has 4 heteroatoms. The molecule has 0 unspecified atom stereocenters. The van der Waals surface area contributed by atoms with E-state index in [1.807, 2.05) is 67.6 Å². The monoisotopic (exact) mass is 361 g/mol. The smallest absolute Gasteiger partial charge is 0.321 e. The van der Waals surface area contributed by atoms with Crippen LogP contribution in [0.4, 0.5) is 0 Å². The van der Waals surface area contributed by atoms with E-state index in [1.54, 1.807) is 0 Å². The van der Waals surface area contributed by atoms with Gasteiger partial charge in [-0.25, -0.2) is 0 Å². The van der Waals surface area contributed by atoms with Gasteiger partial charge in [0, 0.05) is 6.54 Å². The molecule has 2 aromatic carbocycles. The summed E-state index contributed by atoms with van der Waals surface area (Å²) in [5.41, 5.74) is 1.24. The first-order valence-corrected chi connectivity index (χ1v) is 8.74. The second-order valence-electron chi connectivity index (χ2n) is 5.88. The maximum absolute atomic E-state index is 13.2. The van der Waals surface area contributed by atoms with Crippen molar-refractivity contribution >= 4 is 18.4 Å². The van der Waals surface area contributed by atoms with E-state index < -0.39 is 5.41 Å². The number of hydrogen-bond acceptors (Lipinski definition) is 3. The van der Waals surface area contributed by atoms with Crippen molar-refractivity contribution < 1.29 is 9.53 Å². The summed E-state index contributed by atoms with van der Waals surface area (Å²) in [5.74, 6) is -0.167. The summed E-state index contributed by atoms with van der Waals surface area (Å²) in [6.07, 6.45) is 1.62. The second-order valence-corrected chi connectivity index (χ2v) is 5.88. The van der Waals surface area contributed by atoms with E-state index in [9.17, 15) is 4.79 Å². The van der Waals surface area contributed by atoms with E-state index in [4.69, 9.17) is 4.74 Å². The predicted octanol–water partition coefficient (Wildman–Crippen LogP) is 4.35. The van der Waals surface area contributed by atoms with Crippen molar-refractivity contribution in [1.82, 2.24) is 5.32 Å². The minimum absolute atomic E-state index is 0. The van der Waals surface area contributed by atoms with Crippen LogP contribution in [0, 0.1) is 0 Å². The van der Waals surface area contributed by atoms with Gasteiger partial charge in [-0.15, -0.1) is 12.4 Å². The molecule has 2 aromatic rings. The van der Waals surface area contributed by atoms with E-state index in [2.05, 4.69) is 12.2 Å². The average molecular weight is 362 g/mol.